The van der Waals surface area contributed by atoms with Gasteiger partial charge in [0.1, 0.15) is 6.10 Å². The molecule has 2 heterocycles. The van der Waals surface area contributed by atoms with E-state index in [1.54, 1.807) is 6.20 Å². The van der Waals surface area contributed by atoms with E-state index in [2.05, 4.69) is 10.3 Å². The molecule has 0 radical (unpaired) electrons. The normalized spacial score (nSPS) is 23.0. The molecule has 1 aliphatic heterocycles. The number of nitrogens with zero attached hydrogens (tertiary/aromatic N) is 2. The van der Waals surface area contributed by atoms with Crippen molar-refractivity contribution in [3.05, 3.63) is 24.4 Å². The van der Waals surface area contributed by atoms with Crippen molar-refractivity contribution in [1.29, 1.82) is 0 Å². The molecule has 1 saturated heterocycles. The third kappa shape index (κ3) is 3.21. The fourth-order valence-corrected chi connectivity index (χ4v) is 2.93. The Labute approximate surface area is 119 Å². The Bertz CT molecular complexity index is 446. The second kappa shape index (κ2) is 6.11. The Morgan fingerprint density at radius 3 is 2.90 bits per heavy atom. The van der Waals surface area contributed by atoms with Crippen molar-refractivity contribution in [3.8, 4) is 5.88 Å². The van der Waals surface area contributed by atoms with Crippen LogP contribution in [0.2, 0.25) is 0 Å². The summed E-state index contributed by atoms with van der Waals surface area (Å²) in [5.74, 6) is 0.635. The zero-order valence-electron chi connectivity index (χ0n) is 11.6. The van der Waals surface area contributed by atoms with Crippen molar-refractivity contribution in [3.63, 3.8) is 0 Å². The molecule has 5 heteroatoms. The van der Waals surface area contributed by atoms with Crippen molar-refractivity contribution >= 4 is 6.03 Å². The Morgan fingerprint density at radius 1 is 1.30 bits per heavy atom. The van der Waals surface area contributed by atoms with Gasteiger partial charge >= 0.3 is 6.03 Å². The highest BCUT2D eigenvalue weighted by Gasteiger charge is 2.29. The Hall–Kier alpha value is -1.78. The standard InChI is InChI=1S/C15H21N3O2/c19-15(17-12-5-1-2-6-12)18-10-8-13(11-18)20-14-7-3-4-9-16-14/h3-4,7,9,12-13H,1-2,5-6,8,10-11H2,(H,17,19). The number of aromatic nitrogens is 1. The summed E-state index contributed by atoms with van der Waals surface area (Å²) in [7, 11) is 0. The van der Waals surface area contributed by atoms with Crippen molar-refractivity contribution in [2.75, 3.05) is 13.1 Å². The van der Waals surface area contributed by atoms with E-state index in [1.165, 1.54) is 12.8 Å². The van der Waals surface area contributed by atoms with Crippen LogP contribution in [0, 0.1) is 0 Å². The molecule has 2 fully saturated rings. The van der Waals surface area contributed by atoms with Crippen LogP contribution in [-0.2, 0) is 0 Å². The topological polar surface area (TPSA) is 54.5 Å². The molecule has 2 amide bonds. The maximum absolute atomic E-state index is 12.1. The summed E-state index contributed by atoms with van der Waals surface area (Å²) in [4.78, 5) is 18.2. The molecular weight excluding hydrogens is 254 g/mol. The monoisotopic (exact) mass is 275 g/mol. The van der Waals surface area contributed by atoms with E-state index in [0.29, 0.717) is 18.5 Å². The molecular formula is C15H21N3O2. The molecule has 1 saturated carbocycles. The van der Waals surface area contributed by atoms with Gasteiger partial charge < -0.3 is 15.0 Å². The lowest BCUT2D eigenvalue weighted by Crippen LogP contribution is -2.43. The van der Waals surface area contributed by atoms with Gasteiger partial charge in [-0.05, 0) is 18.9 Å². The highest BCUT2D eigenvalue weighted by molar-refractivity contribution is 5.74. The van der Waals surface area contributed by atoms with Crippen LogP contribution in [0.1, 0.15) is 32.1 Å². The number of hydrogen-bond acceptors (Lipinski definition) is 3. The van der Waals surface area contributed by atoms with Crippen molar-refractivity contribution < 1.29 is 9.53 Å². The largest absolute Gasteiger partial charge is 0.472 e. The number of urea groups is 1. The van der Waals surface area contributed by atoms with E-state index in [0.717, 1.165) is 25.8 Å². The minimum Gasteiger partial charge on any atom is -0.472 e. The average molecular weight is 275 g/mol. The van der Waals surface area contributed by atoms with Crippen LogP contribution in [0.15, 0.2) is 24.4 Å². The van der Waals surface area contributed by atoms with Gasteiger partial charge in [0.2, 0.25) is 5.88 Å². The first-order valence-electron chi connectivity index (χ1n) is 7.44. The van der Waals surface area contributed by atoms with Crippen LogP contribution in [-0.4, -0.2) is 41.2 Å². The van der Waals surface area contributed by atoms with Crippen LogP contribution >= 0.6 is 0 Å². The average Bonchev–Trinajstić information content (AvgIpc) is 3.11. The number of carbonyl (C=O) groups is 1. The molecule has 1 N–H and O–H groups in total. The maximum atomic E-state index is 12.1. The van der Waals surface area contributed by atoms with Crippen LogP contribution in [0.3, 0.4) is 0 Å². The second-order valence-corrected chi connectivity index (χ2v) is 5.57. The van der Waals surface area contributed by atoms with Gasteiger partial charge in [-0.2, -0.15) is 0 Å². The first kappa shape index (κ1) is 13.2. The molecule has 1 aromatic heterocycles. The quantitative estimate of drug-likeness (QED) is 0.920. The van der Waals surface area contributed by atoms with E-state index in [1.807, 2.05) is 23.1 Å². The number of ether oxygens (including phenoxy) is 1. The van der Waals surface area contributed by atoms with Gasteiger partial charge in [0.15, 0.2) is 0 Å². The smallest absolute Gasteiger partial charge is 0.317 e. The lowest BCUT2D eigenvalue weighted by molar-refractivity contribution is 0.181. The molecule has 1 atom stereocenters. The summed E-state index contributed by atoms with van der Waals surface area (Å²) in [5.41, 5.74) is 0. The first-order chi connectivity index (χ1) is 9.81. The number of rotatable bonds is 3. The third-order valence-electron chi connectivity index (χ3n) is 4.04. The summed E-state index contributed by atoms with van der Waals surface area (Å²) in [6.45, 7) is 1.41. The molecule has 1 aromatic rings. The van der Waals surface area contributed by atoms with Gasteiger partial charge in [-0.15, -0.1) is 0 Å². The van der Waals surface area contributed by atoms with E-state index < -0.39 is 0 Å². The minimum absolute atomic E-state index is 0.0548. The molecule has 1 unspecified atom stereocenters. The predicted octanol–water partition coefficient (Wildman–Crippen LogP) is 2.19. The Balaban J connectivity index is 1.47. The molecule has 2 aliphatic rings. The third-order valence-corrected chi connectivity index (χ3v) is 4.04. The van der Waals surface area contributed by atoms with Crippen molar-refractivity contribution in [2.24, 2.45) is 0 Å². The molecule has 3 rings (SSSR count). The molecule has 108 valence electrons. The van der Waals surface area contributed by atoms with Gasteiger partial charge in [-0.3, -0.25) is 0 Å². The lowest BCUT2D eigenvalue weighted by atomic mass is 10.2. The summed E-state index contributed by atoms with van der Waals surface area (Å²) < 4.78 is 5.79. The minimum atomic E-state index is 0.0548. The van der Waals surface area contributed by atoms with Gasteiger partial charge in [0.05, 0.1) is 6.54 Å². The van der Waals surface area contributed by atoms with Crippen LogP contribution in [0.5, 0.6) is 5.88 Å². The summed E-state index contributed by atoms with van der Waals surface area (Å²) in [6.07, 6.45) is 7.34. The summed E-state index contributed by atoms with van der Waals surface area (Å²) in [5, 5.41) is 3.12. The molecule has 20 heavy (non-hydrogen) atoms. The van der Waals surface area contributed by atoms with Gasteiger partial charge in [-0.25, -0.2) is 9.78 Å². The first-order valence-corrected chi connectivity index (χ1v) is 7.44. The lowest BCUT2D eigenvalue weighted by Gasteiger charge is -2.20. The number of amides is 2. The molecule has 0 bridgehead atoms. The molecule has 0 aromatic carbocycles. The fourth-order valence-electron chi connectivity index (χ4n) is 2.93. The molecule has 1 aliphatic carbocycles. The van der Waals surface area contributed by atoms with Crippen molar-refractivity contribution in [2.45, 2.75) is 44.2 Å². The number of pyridine rings is 1. The van der Waals surface area contributed by atoms with Crippen molar-refractivity contribution in [1.82, 2.24) is 15.2 Å². The van der Waals surface area contributed by atoms with E-state index in [9.17, 15) is 4.79 Å². The zero-order chi connectivity index (χ0) is 13.8. The van der Waals surface area contributed by atoms with Crippen LogP contribution < -0.4 is 10.1 Å². The molecule has 0 spiro atoms. The van der Waals surface area contributed by atoms with Crippen LogP contribution in [0.25, 0.3) is 0 Å². The number of likely N-dealkylation sites (tertiary alicyclic amines) is 1. The van der Waals surface area contributed by atoms with E-state index >= 15 is 0 Å². The SMILES string of the molecule is O=C(NC1CCCC1)N1CCC(Oc2ccccn2)C1. The Kier molecular flexibility index (Phi) is 4.04. The summed E-state index contributed by atoms with van der Waals surface area (Å²) >= 11 is 0. The van der Waals surface area contributed by atoms with Crippen LogP contribution in [0.4, 0.5) is 4.79 Å². The second-order valence-electron chi connectivity index (χ2n) is 5.57. The highest BCUT2D eigenvalue weighted by Crippen LogP contribution is 2.19. The van der Waals surface area contributed by atoms with E-state index in [4.69, 9.17) is 4.74 Å². The number of hydrogen-bond donors (Lipinski definition) is 1. The summed E-state index contributed by atoms with van der Waals surface area (Å²) in [6, 6.07) is 6.05. The Morgan fingerprint density at radius 2 is 2.15 bits per heavy atom. The zero-order valence-corrected chi connectivity index (χ0v) is 11.6. The fraction of sp³-hybridized carbons (Fsp3) is 0.600. The van der Waals surface area contributed by atoms with Gasteiger partial charge in [0.25, 0.3) is 0 Å². The van der Waals surface area contributed by atoms with E-state index in [-0.39, 0.29) is 12.1 Å². The highest BCUT2D eigenvalue weighted by atomic mass is 16.5. The number of nitrogens with one attached hydrogen (secondary N) is 1. The maximum Gasteiger partial charge on any atom is 0.317 e. The molecule has 5 nitrogen and oxygen atoms in total. The van der Waals surface area contributed by atoms with Gasteiger partial charge in [0, 0.05) is 31.3 Å². The number of carbonyl (C=O) groups excluding carboxylic acids is 1. The van der Waals surface area contributed by atoms with Gasteiger partial charge in [-0.1, -0.05) is 18.9 Å². The predicted molar refractivity (Wildman–Crippen MR) is 75.6 cm³/mol.